The molecule has 4 heterocycles. The third-order valence-corrected chi connectivity index (χ3v) is 6.06. The molecule has 6 rings (SSSR count). The number of hydrogen-bond donors (Lipinski definition) is 0. The first-order valence-corrected chi connectivity index (χ1v) is 10.7. The van der Waals surface area contributed by atoms with Crippen LogP contribution in [0.5, 0.6) is 0 Å². The molecule has 33 heavy (non-hydrogen) atoms. The van der Waals surface area contributed by atoms with Crippen LogP contribution in [0.2, 0.25) is 0 Å². The highest BCUT2D eigenvalue weighted by Crippen LogP contribution is 2.29. The van der Waals surface area contributed by atoms with Crippen molar-refractivity contribution in [3.63, 3.8) is 0 Å². The first-order chi connectivity index (χ1) is 16.1. The van der Waals surface area contributed by atoms with Gasteiger partial charge >= 0.3 is 0 Å². The molecule has 0 aliphatic carbocycles. The number of imide groups is 1. The van der Waals surface area contributed by atoms with Crippen molar-refractivity contribution in [2.75, 3.05) is 0 Å². The minimum atomic E-state index is -0.343. The number of carbonyl (C=O) groups excluding carboxylic acids is 3. The summed E-state index contributed by atoms with van der Waals surface area (Å²) in [6, 6.07) is 13.3. The summed E-state index contributed by atoms with van der Waals surface area (Å²) in [5.41, 5.74) is 3.61. The molecule has 0 saturated carbocycles. The molecule has 2 aliphatic rings. The summed E-state index contributed by atoms with van der Waals surface area (Å²) in [5, 5.41) is 12.9. The first-order valence-electron chi connectivity index (χ1n) is 10.7. The van der Waals surface area contributed by atoms with E-state index in [4.69, 9.17) is 0 Å². The van der Waals surface area contributed by atoms with Crippen molar-refractivity contribution in [1.29, 1.82) is 0 Å². The summed E-state index contributed by atoms with van der Waals surface area (Å²) in [6.07, 6.45) is 6.46. The highest BCUT2D eigenvalue weighted by molar-refractivity contribution is 6.04. The molecule has 9 nitrogen and oxygen atoms in total. The molecular weight excluding hydrogens is 420 g/mol. The number of hydrazine groups is 1. The fourth-order valence-electron chi connectivity index (χ4n) is 4.37. The van der Waals surface area contributed by atoms with Gasteiger partial charge in [0, 0.05) is 41.7 Å². The molecule has 162 valence electrons. The predicted octanol–water partition coefficient (Wildman–Crippen LogP) is 2.89. The summed E-state index contributed by atoms with van der Waals surface area (Å²) >= 11 is 0. The van der Waals surface area contributed by atoms with Gasteiger partial charge in [-0.25, -0.2) is 9.69 Å². The minimum Gasteiger partial charge on any atom is -0.273 e. The van der Waals surface area contributed by atoms with E-state index in [0.717, 1.165) is 38.3 Å². The third-order valence-electron chi connectivity index (χ3n) is 6.06. The van der Waals surface area contributed by atoms with Crippen molar-refractivity contribution in [3.05, 3.63) is 72.2 Å². The van der Waals surface area contributed by atoms with E-state index < -0.39 is 0 Å². The van der Waals surface area contributed by atoms with Crippen LogP contribution < -0.4 is 0 Å². The lowest BCUT2D eigenvalue weighted by Gasteiger charge is -2.32. The second-order valence-electron chi connectivity index (χ2n) is 8.14. The van der Waals surface area contributed by atoms with Gasteiger partial charge in [-0.1, -0.05) is 17.3 Å². The molecule has 9 heteroatoms. The number of carbonyl (C=O) groups is 3. The Bertz CT molecular complexity index is 1440. The Morgan fingerprint density at radius 2 is 1.73 bits per heavy atom. The third kappa shape index (κ3) is 3.16. The summed E-state index contributed by atoms with van der Waals surface area (Å²) in [7, 11) is 0. The molecule has 0 unspecified atom stereocenters. The maximum absolute atomic E-state index is 12.9. The lowest BCUT2D eigenvalue weighted by atomic mass is 10.1. The summed E-state index contributed by atoms with van der Waals surface area (Å²) in [5.74, 6) is -1.01. The molecule has 2 aromatic carbocycles. The average Bonchev–Trinajstić information content (AvgIpc) is 3.44. The average molecular weight is 438 g/mol. The van der Waals surface area contributed by atoms with Crippen LogP contribution in [0.15, 0.2) is 61.1 Å². The zero-order chi connectivity index (χ0) is 22.5. The van der Waals surface area contributed by atoms with E-state index in [-0.39, 0.29) is 37.1 Å². The Morgan fingerprint density at radius 3 is 2.58 bits per heavy atom. The van der Waals surface area contributed by atoms with Gasteiger partial charge in [0.2, 0.25) is 11.8 Å². The normalized spacial score (nSPS) is 16.1. The summed E-state index contributed by atoms with van der Waals surface area (Å²) in [6.45, 7) is 0.166. The first kappa shape index (κ1) is 19.3. The van der Waals surface area contributed by atoms with E-state index in [1.807, 2.05) is 42.7 Å². The van der Waals surface area contributed by atoms with Gasteiger partial charge in [0.1, 0.15) is 5.69 Å². The van der Waals surface area contributed by atoms with Gasteiger partial charge in [-0.05, 0) is 47.7 Å². The van der Waals surface area contributed by atoms with Crippen LogP contribution in [0.3, 0.4) is 0 Å². The predicted molar refractivity (Wildman–Crippen MR) is 118 cm³/mol. The second kappa shape index (κ2) is 7.33. The highest BCUT2D eigenvalue weighted by Gasteiger charge is 2.39. The maximum atomic E-state index is 12.9. The molecule has 0 atom stereocenters. The standard InChI is InChI=1S/C24H18N6O3/c31-22-2-1-3-23(32)30(22)29-13-18-11-19(6-7-20(18)24(29)33)28-14-21(26-27-28)16-4-5-17-12-25-9-8-15(17)10-16/h4-12,14H,1-3,13H2. The van der Waals surface area contributed by atoms with Crippen molar-refractivity contribution in [2.24, 2.45) is 0 Å². The lowest BCUT2D eigenvalue weighted by molar-refractivity contribution is -0.163. The molecule has 0 bridgehead atoms. The Hall–Kier alpha value is -4.40. The number of hydrogen-bond acceptors (Lipinski definition) is 6. The van der Waals surface area contributed by atoms with Gasteiger partial charge in [0.25, 0.3) is 5.91 Å². The maximum Gasteiger partial charge on any atom is 0.273 e. The molecule has 4 aromatic rings. The Kier molecular flexibility index (Phi) is 4.29. The van der Waals surface area contributed by atoms with Crippen LogP contribution in [0, 0.1) is 0 Å². The van der Waals surface area contributed by atoms with Gasteiger partial charge in [-0.15, -0.1) is 5.10 Å². The van der Waals surface area contributed by atoms with E-state index in [1.165, 1.54) is 5.01 Å². The smallest absolute Gasteiger partial charge is 0.273 e. The molecule has 2 aromatic heterocycles. The fraction of sp³-hybridized carbons (Fsp3) is 0.167. The number of rotatable bonds is 3. The van der Waals surface area contributed by atoms with Crippen LogP contribution in [0.1, 0.15) is 35.2 Å². The van der Waals surface area contributed by atoms with Gasteiger partial charge in [-0.3, -0.25) is 19.4 Å². The van der Waals surface area contributed by atoms with E-state index in [0.29, 0.717) is 12.0 Å². The topological polar surface area (TPSA) is 101 Å². The van der Waals surface area contributed by atoms with Crippen LogP contribution in [-0.2, 0) is 16.1 Å². The second-order valence-corrected chi connectivity index (χ2v) is 8.14. The van der Waals surface area contributed by atoms with Crippen LogP contribution >= 0.6 is 0 Å². The van der Waals surface area contributed by atoms with E-state index in [9.17, 15) is 14.4 Å². The van der Waals surface area contributed by atoms with E-state index >= 15 is 0 Å². The fourth-order valence-corrected chi connectivity index (χ4v) is 4.37. The monoisotopic (exact) mass is 438 g/mol. The minimum absolute atomic E-state index is 0.166. The van der Waals surface area contributed by atoms with Crippen molar-refractivity contribution in [2.45, 2.75) is 25.8 Å². The summed E-state index contributed by atoms with van der Waals surface area (Å²) < 4.78 is 1.65. The summed E-state index contributed by atoms with van der Waals surface area (Å²) in [4.78, 5) is 41.6. The molecule has 1 fully saturated rings. The number of pyridine rings is 1. The Balaban J connectivity index is 1.29. The van der Waals surface area contributed by atoms with Crippen LogP contribution in [0.4, 0.5) is 0 Å². The molecule has 0 spiro atoms. The lowest BCUT2D eigenvalue weighted by Crippen LogP contribution is -2.51. The highest BCUT2D eigenvalue weighted by atomic mass is 16.2. The Labute approximate surface area is 188 Å². The number of piperidine rings is 1. The van der Waals surface area contributed by atoms with Crippen LogP contribution in [-0.4, -0.2) is 47.7 Å². The van der Waals surface area contributed by atoms with Crippen molar-refractivity contribution >= 4 is 28.5 Å². The molecule has 2 aliphatic heterocycles. The van der Waals surface area contributed by atoms with Gasteiger partial charge in [0.15, 0.2) is 0 Å². The molecular formula is C24H18N6O3. The SMILES string of the molecule is O=C1c2ccc(-n3cc(-c4ccc5cnccc5c4)nn3)cc2CN1N1C(=O)CCCC1=O. The number of benzene rings is 2. The molecule has 3 amide bonds. The van der Waals surface area contributed by atoms with Gasteiger partial charge in [0.05, 0.1) is 18.4 Å². The van der Waals surface area contributed by atoms with E-state index in [2.05, 4.69) is 15.3 Å². The zero-order valence-electron chi connectivity index (χ0n) is 17.5. The molecule has 0 N–H and O–H groups in total. The molecule has 0 radical (unpaired) electrons. The molecule has 1 saturated heterocycles. The van der Waals surface area contributed by atoms with Gasteiger partial charge in [-0.2, -0.15) is 5.01 Å². The Morgan fingerprint density at radius 1 is 0.879 bits per heavy atom. The number of aromatic nitrogens is 4. The van der Waals surface area contributed by atoms with Crippen LogP contribution in [0.25, 0.3) is 27.7 Å². The van der Waals surface area contributed by atoms with Crippen molar-refractivity contribution in [3.8, 4) is 16.9 Å². The zero-order valence-corrected chi connectivity index (χ0v) is 17.5. The quantitative estimate of drug-likeness (QED) is 0.456. The number of fused-ring (bicyclic) bond motifs is 2. The van der Waals surface area contributed by atoms with Crippen molar-refractivity contribution < 1.29 is 14.4 Å². The van der Waals surface area contributed by atoms with E-state index in [1.54, 1.807) is 23.0 Å². The van der Waals surface area contributed by atoms with Gasteiger partial charge < -0.3 is 0 Å². The largest absolute Gasteiger partial charge is 0.273 e. The number of nitrogens with zero attached hydrogens (tertiary/aromatic N) is 6. The number of amides is 3. The van der Waals surface area contributed by atoms with Crippen molar-refractivity contribution in [1.82, 2.24) is 30.0 Å².